The van der Waals surface area contributed by atoms with Crippen LogP contribution in [0.2, 0.25) is 0 Å². The van der Waals surface area contributed by atoms with Crippen LogP contribution in [0.5, 0.6) is 5.75 Å². The number of hydrogen-bond donors (Lipinski definition) is 0. The van der Waals surface area contributed by atoms with Crippen molar-refractivity contribution in [3.05, 3.63) is 59.9 Å². The maximum absolute atomic E-state index is 13.6. The molecule has 1 fully saturated rings. The fraction of sp³-hybridized carbons (Fsp3) is 0.536. The van der Waals surface area contributed by atoms with E-state index < -0.39 is 0 Å². The number of carbonyl (C=O) groups excluding carboxylic acids is 2. The lowest BCUT2D eigenvalue weighted by Gasteiger charge is -2.40. The molecule has 1 aromatic heterocycles. The van der Waals surface area contributed by atoms with Gasteiger partial charge in [0, 0.05) is 37.6 Å². The largest absolute Gasteiger partial charge is 0.487 e. The Morgan fingerprint density at radius 2 is 1.71 bits per heavy atom. The van der Waals surface area contributed by atoms with Gasteiger partial charge in [0.05, 0.1) is 11.6 Å². The Morgan fingerprint density at radius 1 is 0.971 bits per heavy atom. The molecule has 2 amide bonds. The molecule has 0 unspecified atom stereocenters. The highest BCUT2D eigenvalue weighted by Gasteiger charge is 2.35. The molecule has 6 heteroatoms. The summed E-state index contributed by atoms with van der Waals surface area (Å²) in [6.45, 7) is 4.35. The monoisotopic (exact) mass is 463 g/mol. The first-order chi connectivity index (χ1) is 16.7. The average molecular weight is 464 g/mol. The first-order valence-corrected chi connectivity index (χ1v) is 12.9. The number of aromatic nitrogens is 1. The standard InChI is InChI=1S/C28H37N3O3/c1-2-19-30-20-9-3-4-10-21-31(27(32)22-15-17-29-18-16-22)24-12-6-8-14-26(24)34-25-13-7-5-11-23(25)28(30)33/h5,7,11,13,15-18,24,26H,2-4,6,8-10,12,14,19-21H2,1H3/t24-,26+/m1/s1. The Balaban J connectivity index is 1.67. The normalized spacial score (nSPS) is 22.2. The molecule has 1 saturated carbocycles. The van der Waals surface area contributed by atoms with Crippen LogP contribution in [0.1, 0.15) is 85.4 Å². The molecule has 34 heavy (non-hydrogen) atoms. The van der Waals surface area contributed by atoms with E-state index in [-0.39, 0.29) is 24.0 Å². The van der Waals surface area contributed by atoms with Crippen molar-refractivity contribution >= 4 is 11.8 Å². The van der Waals surface area contributed by atoms with Crippen molar-refractivity contribution in [2.45, 2.75) is 76.9 Å². The van der Waals surface area contributed by atoms with Crippen LogP contribution in [0.4, 0.5) is 0 Å². The number of benzene rings is 1. The van der Waals surface area contributed by atoms with Gasteiger partial charge < -0.3 is 14.5 Å². The molecule has 0 spiro atoms. The van der Waals surface area contributed by atoms with Crippen LogP contribution in [0.15, 0.2) is 48.8 Å². The summed E-state index contributed by atoms with van der Waals surface area (Å²) < 4.78 is 6.60. The van der Waals surface area contributed by atoms with E-state index in [4.69, 9.17) is 4.74 Å². The zero-order valence-electron chi connectivity index (χ0n) is 20.3. The Hall–Kier alpha value is -2.89. The maximum Gasteiger partial charge on any atom is 0.257 e. The summed E-state index contributed by atoms with van der Waals surface area (Å²) in [5.74, 6) is 0.735. The van der Waals surface area contributed by atoms with Crippen molar-refractivity contribution in [3.8, 4) is 5.75 Å². The summed E-state index contributed by atoms with van der Waals surface area (Å²) in [6, 6.07) is 11.2. The van der Waals surface area contributed by atoms with Crippen molar-refractivity contribution in [1.29, 1.82) is 0 Å². The van der Waals surface area contributed by atoms with Gasteiger partial charge in [0.25, 0.3) is 11.8 Å². The molecule has 1 aromatic carbocycles. The molecule has 2 aliphatic rings. The first kappa shape index (κ1) is 24.2. The number of pyridine rings is 1. The number of amides is 2. The minimum absolute atomic E-state index is 0.00717. The summed E-state index contributed by atoms with van der Waals surface area (Å²) in [6.07, 6.45) is 12.1. The van der Waals surface area contributed by atoms with Crippen LogP contribution in [0.3, 0.4) is 0 Å². The minimum Gasteiger partial charge on any atom is -0.487 e. The van der Waals surface area contributed by atoms with E-state index in [1.165, 1.54) is 0 Å². The summed E-state index contributed by atoms with van der Waals surface area (Å²) in [7, 11) is 0. The molecule has 0 bridgehead atoms. The predicted octanol–water partition coefficient (Wildman–Crippen LogP) is 5.34. The predicted molar refractivity (Wildman–Crippen MR) is 133 cm³/mol. The van der Waals surface area contributed by atoms with Crippen LogP contribution < -0.4 is 4.74 Å². The number of ether oxygens (including phenoxy) is 1. The van der Waals surface area contributed by atoms with Crippen LogP contribution >= 0.6 is 0 Å². The van der Waals surface area contributed by atoms with Crippen molar-refractivity contribution in [3.63, 3.8) is 0 Å². The fourth-order valence-corrected chi connectivity index (χ4v) is 5.25. The second-order valence-electron chi connectivity index (χ2n) is 9.45. The number of carbonyl (C=O) groups is 2. The molecule has 0 radical (unpaired) electrons. The van der Waals surface area contributed by atoms with Crippen LogP contribution in [-0.2, 0) is 0 Å². The maximum atomic E-state index is 13.6. The van der Waals surface area contributed by atoms with Gasteiger partial charge in [-0.25, -0.2) is 0 Å². The van der Waals surface area contributed by atoms with Gasteiger partial charge in [-0.2, -0.15) is 0 Å². The van der Waals surface area contributed by atoms with E-state index in [9.17, 15) is 9.59 Å². The zero-order valence-corrected chi connectivity index (χ0v) is 20.3. The van der Waals surface area contributed by atoms with Gasteiger partial charge in [-0.05, 0) is 62.8 Å². The first-order valence-electron chi connectivity index (χ1n) is 12.9. The number of fused-ring (bicyclic) bond motifs is 2. The van der Waals surface area contributed by atoms with Crippen molar-refractivity contribution in [2.24, 2.45) is 0 Å². The summed E-state index contributed by atoms with van der Waals surface area (Å²) in [5, 5.41) is 0. The quantitative estimate of drug-likeness (QED) is 0.616. The van der Waals surface area contributed by atoms with E-state index in [1.807, 2.05) is 34.1 Å². The van der Waals surface area contributed by atoms with Crippen LogP contribution in [-0.4, -0.2) is 58.4 Å². The third-order valence-electron chi connectivity index (χ3n) is 7.01. The highest BCUT2D eigenvalue weighted by atomic mass is 16.5. The molecule has 6 nitrogen and oxygen atoms in total. The average Bonchev–Trinajstić information content (AvgIpc) is 2.88. The van der Waals surface area contributed by atoms with Crippen LogP contribution in [0.25, 0.3) is 0 Å². The topological polar surface area (TPSA) is 62.7 Å². The van der Waals surface area contributed by atoms with Crippen molar-refractivity contribution in [1.82, 2.24) is 14.8 Å². The number of nitrogens with zero attached hydrogens (tertiary/aromatic N) is 3. The van der Waals surface area contributed by atoms with Gasteiger partial charge in [0.2, 0.25) is 0 Å². The Kier molecular flexibility index (Phi) is 8.56. The molecular weight excluding hydrogens is 426 g/mol. The highest BCUT2D eigenvalue weighted by molar-refractivity contribution is 5.97. The molecule has 1 aliphatic heterocycles. The van der Waals surface area contributed by atoms with E-state index in [0.717, 1.165) is 77.4 Å². The SMILES string of the molecule is CCCN1CCCCCCN(C(=O)c2ccncc2)[C@@H]2CCCC[C@@H]2Oc2ccccc2C1=O. The highest BCUT2D eigenvalue weighted by Crippen LogP contribution is 2.31. The van der Waals surface area contributed by atoms with Crippen molar-refractivity contribution in [2.75, 3.05) is 19.6 Å². The number of hydrogen-bond acceptors (Lipinski definition) is 4. The molecule has 0 saturated heterocycles. The lowest BCUT2D eigenvalue weighted by atomic mass is 9.90. The molecule has 0 N–H and O–H groups in total. The minimum atomic E-state index is -0.129. The lowest BCUT2D eigenvalue weighted by molar-refractivity contribution is 0.0266. The van der Waals surface area contributed by atoms with E-state index in [1.54, 1.807) is 24.5 Å². The third-order valence-corrected chi connectivity index (χ3v) is 7.01. The molecule has 4 rings (SSSR count). The van der Waals surface area contributed by atoms with E-state index in [0.29, 0.717) is 16.9 Å². The number of para-hydroxylation sites is 1. The zero-order chi connectivity index (χ0) is 23.8. The molecule has 2 atom stereocenters. The Morgan fingerprint density at radius 3 is 2.50 bits per heavy atom. The molecule has 2 heterocycles. The molecule has 1 aliphatic carbocycles. The Bertz CT molecular complexity index is 949. The second kappa shape index (κ2) is 12.0. The van der Waals surface area contributed by atoms with E-state index >= 15 is 0 Å². The lowest BCUT2D eigenvalue weighted by Crippen LogP contribution is -2.51. The number of rotatable bonds is 3. The van der Waals surface area contributed by atoms with Gasteiger partial charge in [0.1, 0.15) is 11.9 Å². The van der Waals surface area contributed by atoms with Gasteiger partial charge in [-0.15, -0.1) is 0 Å². The molecular formula is C28H37N3O3. The fourth-order valence-electron chi connectivity index (χ4n) is 5.25. The van der Waals surface area contributed by atoms with Crippen LogP contribution in [0, 0.1) is 0 Å². The Labute approximate surface area is 203 Å². The van der Waals surface area contributed by atoms with Gasteiger partial charge in [-0.3, -0.25) is 14.6 Å². The van der Waals surface area contributed by atoms with E-state index in [2.05, 4.69) is 11.9 Å². The van der Waals surface area contributed by atoms with Gasteiger partial charge in [-0.1, -0.05) is 38.3 Å². The molecule has 2 aromatic rings. The summed E-state index contributed by atoms with van der Waals surface area (Å²) in [4.78, 5) is 35.2. The third kappa shape index (κ3) is 5.78. The molecule has 182 valence electrons. The summed E-state index contributed by atoms with van der Waals surface area (Å²) >= 11 is 0. The van der Waals surface area contributed by atoms with Gasteiger partial charge in [0.15, 0.2) is 0 Å². The van der Waals surface area contributed by atoms with Gasteiger partial charge >= 0.3 is 0 Å². The van der Waals surface area contributed by atoms with Crippen molar-refractivity contribution < 1.29 is 14.3 Å². The second-order valence-corrected chi connectivity index (χ2v) is 9.45. The summed E-state index contributed by atoms with van der Waals surface area (Å²) in [5.41, 5.74) is 1.30. The smallest absolute Gasteiger partial charge is 0.257 e.